The highest BCUT2D eigenvalue weighted by molar-refractivity contribution is 5.13. The van der Waals surface area contributed by atoms with Crippen molar-refractivity contribution in [3.8, 4) is 0 Å². The Balaban J connectivity index is 1.25. The van der Waals surface area contributed by atoms with Crippen molar-refractivity contribution in [1.29, 1.82) is 0 Å². The Morgan fingerprint density at radius 3 is 1.76 bits per heavy atom. The summed E-state index contributed by atoms with van der Waals surface area (Å²) >= 11 is 0. The summed E-state index contributed by atoms with van der Waals surface area (Å²) in [5.74, 6) is 0. The monoisotopic (exact) mass is 532 g/mol. The van der Waals surface area contributed by atoms with Crippen LogP contribution < -0.4 is 0 Å². The van der Waals surface area contributed by atoms with E-state index in [1.54, 1.807) is 0 Å². The first-order valence-electron chi connectivity index (χ1n) is 16.3. The highest BCUT2D eigenvalue weighted by atomic mass is 16.7. The molecule has 2 atom stereocenters. The molecular weight excluding hydrogens is 472 g/mol. The molecule has 1 aromatic carbocycles. The van der Waals surface area contributed by atoms with Crippen LogP contribution >= 0.6 is 0 Å². The van der Waals surface area contributed by atoms with Crippen molar-refractivity contribution in [2.24, 2.45) is 0 Å². The third kappa shape index (κ3) is 19.2. The minimum Gasteiger partial charge on any atom is -0.379 e. The van der Waals surface area contributed by atoms with Gasteiger partial charge in [-0.15, -0.1) is 0 Å². The number of ether oxygens (including phenoxy) is 4. The summed E-state index contributed by atoms with van der Waals surface area (Å²) in [6.07, 6.45) is 26.8. The molecule has 0 amide bonds. The molecule has 1 heterocycles. The number of benzene rings is 1. The average Bonchev–Trinajstić information content (AvgIpc) is 3.40. The molecule has 0 aromatic heterocycles. The van der Waals surface area contributed by atoms with Gasteiger partial charge in [-0.1, -0.05) is 140 Å². The standard InChI is InChI=1S/C34H60O4/c1-2-3-4-5-6-7-8-9-10-11-12-13-14-15-21-26-34-37-31-33(38-34)30-36-28-23-17-16-22-27-35-29-32-24-19-18-20-25-32/h18-20,24-25,33-34H,2-17,21-23,26-31H2,1H3/t33-,34-/m0/s1. The first-order valence-corrected chi connectivity index (χ1v) is 16.3. The number of rotatable bonds is 27. The van der Waals surface area contributed by atoms with Crippen LogP contribution in [0.25, 0.3) is 0 Å². The van der Waals surface area contributed by atoms with Crippen molar-refractivity contribution in [2.75, 3.05) is 26.4 Å². The van der Waals surface area contributed by atoms with Gasteiger partial charge < -0.3 is 18.9 Å². The molecule has 0 bridgehead atoms. The van der Waals surface area contributed by atoms with Gasteiger partial charge in [-0.25, -0.2) is 0 Å². The van der Waals surface area contributed by atoms with Crippen molar-refractivity contribution in [1.82, 2.24) is 0 Å². The summed E-state index contributed by atoms with van der Waals surface area (Å²) in [5, 5.41) is 0. The first kappa shape index (κ1) is 33.3. The first-order chi connectivity index (χ1) is 18.9. The fourth-order valence-corrected chi connectivity index (χ4v) is 5.17. The van der Waals surface area contributed by atoms with E-state index in [0.29, 0.717) is 19.8 Å². The van der Waals surface area contributed by atoms with Gasteiger partial charge in [0.2, 0.25) is 0 Å². The van der Waals surface area contributed by atoms with Crippen LogP contribution in [0.3, 0.4) is 0 Å². The predicted octanol–water partition coefficient (Wildman–Crippen LogP) is 9.78. The molecule has 0 radical (unpaired) electrons. The summed E-state index contributed by atoms with van der Waals surface area (Å²) in [6.45, 7) is 6.00. The Labute approximate surface area is 235 Å². The molecule has 1 aliphatic heterocycles. The second-order valence-electron chi connectivity index (χ2n) is 11.3. The van der Waals surface area contributed by atoms with Gasteiger partial charge in [0.15, 0.2) is 6.29 Å². The molecule has 38 heavy (non-hydrogen) atoms. The molecule has 0 N–H and O–H groups in total. The van der Waals surface area contributed by atoms with Crippen molar-refractivity contribution < 1.29 is 18.9 Å². The van der Waals surface area contributed by atoms with Crippen LogP contribution in [-0.2, 0) is 25.6 Å². The molecule has 1 aliphatic rings. The number of hydrogen-bond acceptors (Lipinski definition) is 4. The summed E-state index contributed by atoms with van der Waals surface area (Å²) in [5.41, 5.74) is 1.25. The predicted molar refractivity (Wildman–Crippen MR) is 160 cm³/mol. The van der Waals surface area contributed by atoms with Gasteiger partial charge in [-0.3, -0.25) is 0 Å². The third-order valence-electron chi connectivity index (χ3n) is 7.60. The van der Waals surface area contributed by atoms with E-state index in [2.05, 4.69) is 31.2 Å². The second kappa shape index (κ2) is 25.1. The molecule has 1 saturated heterocycles. The zero-order valence-corrected chi connectivity index (χ0v) is 24.9. The van der Waals surface area contributed by atoms with Crippen LogP contribution in [0.2, 0.25) is 0 Å². The van der Waals surface area contributed by atoms with Gasteiger partial charge in [0.05, 0.1) is 19.8 Å². The summed E-state index contributed by atoms with van der Waals surface area (Å²) in [7, 11) is 0. The Bertz CT molecular complexity index is 608. The molecule has 4 heteroatoms. The van der Waals surface area contributed by atoms with E-state index in [1.807, 2.05) is 6.07 Å². The highest BCUT2D eigenvalue weighted by Crippen LogP contribution is 2.19. The van der Waals surface area contributed by atoms with Crippen LogP contribution in [-0.4, -0.2) is 38.8 Å². The maximum atomic E-state index is 6.03. The quantitative estimate of drug-likeness (QED) is 0.106. The van der Waals surface area contributed by atoms with Crippen LogP contribution in [0, 0.1) is 0 Å². The van der Waals surface area contributed by atoms with E-state index >= 15 is 0 Å². The SMILES string of the molecule is CCCCCCCCCCCCCCCCC[C@H]1OC[C@H](COCCCCCCOCc2ccccc2)O1. The summed E-state index contributed by atoms with van der Waals surface area (Å²) < 4.78 is 23.5. The molecular formula is C34H60O4. The molecule has 0 aliphatic carbocycles. The molecule has 4 nitrogen and oxygen atoms in total. The van der Waals surface area contributed by atoms with E-state index in [1.165, 1.54) is 115 Å². The molecule has 2 rings (SSSR count). The Morgan fingerprint density at radius 2 is 1.16 bits per heavy atom. The minimum atomic E-state index is -0.0125. The fourth-order valence-electron chi connectivity index (χ4n) is 5.17. The number of unbranched alkanes of at least 4 members (excludes halogenated alkanes) is 17. The van der Waals surface area contributed by atoms with E-state index in [0.717, 1.165) is 32.5 Å². The lowest BCUT2D eigenvalue weighted by molar-refractivity contribution is -0.0761. The fraction of sp³-hybridized carbons (Fsp3) is 0.824. The smallest absolute Gasteiger partial charge is 0.158 e. The van der Waals surface area contributed by atoms with Crippen LogP contribution in [0.4, 0.5) is 0 Å². The van der Waals surface area contributed by atoms with Gasteiger partial charge in [0.25, 0.3) is 0 Å². The Kier molecular flexibility index (Phi) is 21.9. The van der Waals surface area contributed by atoms with Gasteiger partial charge in [0.1, 0.15) is 6.10 Å². The van der Waals surface area contributed by atoms with Crippen LogP contribution in [0.5, 0.6) is 0 Å². The molecule has 220 valence electrons. The van der Waals surface area contributed by atoms with Crippen molar-refractivity contribution in [2.45, 2.75) is 154 Å². The lowest BCUT2D eigenvalue weighted by Gasteiger charge is -2.12. The van der Waals surface area contributed by atoms with E-state index < -0.39 is 0 Å². The molecule has 1 aromatic rings. The minimum absolute atomic E-state index is 0.0125. The molecule has 0 saturated carbocycles. The Morgan fingerprint density at radius 1 is 0.632 bits per heavy atom. The van der Waals surface area contributed by atoms with Crippen molar-refractivity contribution in [3.63, 3.8) is 0 Å². The van der Waals surface area contributed by atoms with Crippen LogP contribution in [0.1, 0.15) is 141 Å². The number of hydrogen-bond donors (Lipinski definition) is 0. The zero-order chi connectivity index (χ0) is 26.8. The summed E-state index contributed by atoms with van der Waals surface area (Å²) in [6, 6.07) is 10.4. The maximum absolute atomic E-state index is 6.03. The van der Waals surface area contributed by atoms with Gasteiger partial charge >= 0.3 is 0 Å². The topological polar surface area (TPSA) is 36.9 Å². The van der Waals surface area contributed by atoms with Gasteiger partial charge in [-0.2, -0.15) is 0 Å². The lowest BCUT2D eigenvalue weighted by atomic mass is 10.0. The van der Waals surface area contributed by atoms with Crippen LogP contribution in [0.15, 0.2) is 30.3 Å². The molecule has 1 fully saturated rings. The van der Waals surface area contributed by atoms with E-state index in [9.17, 15) is 0 Å². The zero-order valence-electron chi connectivity index (χ0n) is 24.9. The summed E-state index contributed by atoms with van der Waals surface area (Å²) in [4.78, 5) is 0. The van der Waals surface area contributed by atoms with E-state index in [-0.39, 0.29) is 12.4 Å². The Hall–Kier alpha value is -0.940. The largest absolute Gasteiger partial charge is 0.379 e. The molecule has 0 unspecified atom stereocenters. The van der Waals surface area contributed by atoms with Crippen molar-refractivity contribution in [3.05, 3.63) is 35.9 Å². The average molecular weight is 533 g/mol. The van der Waals surface area contributed by atoms with Gasteiger partial charge in [-0.05, 0) is 31.2 Å². The van der Waals surface area contributed by atoms with Gasteiger partial charge in [0, 0.05) is 13.2 Å². The highest BCUT2D eigenvalue weighted by Gasteiger charge is 2.25. The second-order valence-corrected chi connectivity index (χ2v) is 11.3. The lowest BCUT2D eigenvalue weighted by Crippen LogP contribution is -2.19. The molecule has 0 spiro atoms. The normalized spacial score (nSPS) is 17.4. The van der Waals surface area contributed by atoms with Crippen molar-refractivity contribution >= 4 is 0 Å². The van der Waals surface area contributed by atoms with E-state index in [4.69, 9.17) is 18.9 Å². The maximum Gasteiger partial charge on any atom is 0.158 e. The third-order valence-corrected chi connectivity index (χ3v) is 7.60.